The summed E-state index contributed by atoms with van der Waals surface area (Å²) in [6, 6.07) is 8.43. The van der Waals surface area contributed by atoms with Crippen molar-refractivity contribution in [1.82, 2.24) is 29.7 Å². The first-order chi connectivity index (χ1) is 24.1. The summed E-state index contributed by atoms with van der Waals surface area (Å²) in [5, 5.41) is 9.28. The van der Waals surface area contributed by atoms with Gasteiger partial charge in [0.05, 0.1) is 23.2 Å². The molecule has 0 N–H and O–H groups in total. The number of hydrogen-bond acceptors (Lipinski definition) is 10. The molecule has 1 saturated carbocycles. The number of hydrogen-bond donors (Lipinski definition) is 0. The molecule has 3 fully saturated rings. The Hall–Kier alpha value is -4.34. The lowest BCUT2D eigenvalue weighted by Crippen LogP contribution is -2.65. The van der Waals surface area contributed by atoms with Gasteiger partial charge in [-0.1, -0.05) is 0 Å². The van der Waals surface area contributed by atoms with E-state index in [4.69, 9.17) is 9.47 Å². The summed E-state index contributed by atoms with van der Waals surface area (Å²) in [7, 11) is 0. The Kier molecular flexibility index (Phi) is 9.39. The van der Waals surface area contributed by atoms with E-state index in [0.717, 1.165) is 89.5 Å². The van der Waals surface area contributed by atoms with Gasteiger partial charge in [-0.2, -0.15) is 5.26 Å². The number of carbonyl (C=O) groups excluding carboxylic acids is 1. The summed E-state index contributed by atoms with van der Waals surface area (Å²) in [5.74, 6) is 1.54. The van der Waals surface area contributed by atoms with E-state index in [-0.39, 0.29) is 40.2 Å². The van der Waals surface area contributed by atoms with Gasteiger partial charge in [0.1, 0.15) is 29.7 Å². The topological polar surface area (TPSA) is 111 Å². The van der Waals surface area contributed by atoms with Crippen LogP contribution in [0.3, 0.4) is 0 Å². The smallest absolute Gasteiger partial charge is 0.257 e. The first-order valence-electron chi connectivity index (χ1n) is 17.9. The van der Waals surface area contributed by atoms with Crippen molar-refractivity contribution in [3.8, 4) is 23.3 Å². The van der Waals surface area contributed by atoms with E-state index in [1.54, 1.807) is 11.1 Å². The first kappa shape index (κ1) is 34.1. The van der Waals surface area contributed by atoms with Gasteiger partial charge in [-0.25, -0.2) is 14.4 Å². The lowest BCUT2D eigenvalue weighted by atomic mass is 9.61. The van der Waals surface area contributed by atoms with E-state index in [1.807, 2.05) is 40.0 Å². The van der Waals surface area contributed by atoms with Crippen LogP contribution in [0.5, 0.6) is 17.2 Å². The number of ether oxygens (including phenoxy) is 2. The predicted octanol–water partition coefficient (Wildman–Crippen LogP) is 5.31. The van der Waals surface area contributed by atoms with E-state index in [1.165, 1.54) is 30.1 Å². The van der Waals surface area contributed by atoms with E-state index >= 15 is 0 Å². The van der Waals surface area contributed by atoms with Gasteiger partial charge in [-0.05, 0) is 84.3 Å². The average Bonchev–Trinajstić information content (AvgIpc) is 3.05. The zero-order valence-electron chi connectivity index (χ0n) is 29.6. The molecule has 12 heteroatoms. The highest BCUT2D eigenvalue weighted by molar-refractivity contribution is 5.97. The quantitative estimate of drug-likeness (QED) is 0.249. The van der Waals surface area contributed by atoms with Crippen LogP contribution in [0.1, 0.15) is 68.6 Å². The summed E-state index contributed by atoms with van der Waals surface area (Å²) in [6.45, 7) is 15.6. The van der Waals surface area contributed by atoms with Crippen LogP contribution in [0, 0.1) is 28.0 Å². The highest BCUT2D eigenvalue weighted by atomic mass is 19.1. The van der Waals surface area contributed by atoms with Crippen LogP contribution in [0.15, 0.2) is 43.0 Å². The third-order valence-corrected chi connectivity index (χ3v) is 10.8. The van der Waals surface area contributed by atoms with Crippen LogP contribution in [0.2, 0.25) is 0 Å². The number of pyridine rings is 1. The van der Waals surface area contributed by atoms with Gasteiger partial charge in [-0.3, -0.25) is 14.7 Å². The number of aromatic nitrogens is 3. The molecule has 0 bridgehead atoms. The van der Waals surface area contributed by atoms with Gasteiger partial charge in [0.2, 0.25) is 0 Å². The van der Waals surface area contributed by atoms with Crippen LogP contribution >= 0.6 is 0 Å². The summed E-state index contributed by atoms with van der Waals surface area (Å²) < 4.78 is 27.2. The van der Waals surface area contributed by atoms with Crippen molar-refractivity contribution < 1.29 is 18.7 Å². The summed E-state index contributed by atoms with van der Waals surface area (Å²) in [6.07, 6.45) is 9.06. The van der Waals surface area contributed by atoms with E-state index < -0.39 is 5.82 Å². The van der Waals surface area contributed by atoms with Crippen molar-refractivity contribution in [3.05, 3.63) is 65.6 Å². The monoisotopic (exact) mass is 682 g/mol. The molecule has 11 nitrogen and oxygen atoms in total. The molecule has 7 rings (SSSR count). The Morgan fingerprint density at radius 1 is 1.10 bits per heavy atom. The molecular formula is C38H47FN8O3. The van der Waals surface area contributed by atoms with Crippen molar-refractivity contribution >= 4 is 11.7 Å². The fraction of sp³-hybridized carbons (Fsp3) is 0.553. The maximum absolute atomic E-state index is 14.3. The fourth-order valence-corrected chi connectivity index (χ4v) is 8.19. The minimum atomic E-state index is -0.496. The van der Waals surface area contributed by atoms with E-state index in [0.29, 0.717) is 18.1 Å². The first-order valence-corrected chi connectivity index (χ1v) is 17.9. The molecule has 2 saturated heterocycles. The van der Waals surface area contributed by atoms with Crippen LogP contribution in [-0.2, 0) is 13.0 Å². The summed E-state index contributed by atoms with van der Waals surface area (Å²) >= 11 is 0. The van der Waals surface area contributed by atoms with Gasteiger partial charge >= 0.3 is 0 Å². The summed E-state index contributed by atoms with van der Waals surface area (Å²) in [4.78, 5) is 35.5. The third-order valence-electron chi connectivity index (χ3n) is 10.8. The second-order valence-corrected chi connectivity index (χ2v) is 15.1. The minimum Gasteiger partial charge on any atom is -0.490 e. The zero-order valence-corrected chi connectivity index (χ0v) is 29.6. The molecule has 3 aliphatic heterocycles. The maximum atomic E-state index is 14.3. The number of likely N-dealkylation sites (tertiary alicyclic amines) is 1. The van der Waals surface area contributed by atoms with Gasteiger partial charge < -0.3 is 24.2 Å². The number of benzene rings is 1. The van der Waals surface area contributed by atoms with Crippen LogP contribution in [0.4, 0.5) is 10.2 Å². The number of fused-ring (bicyclic) bond motifs is 1. The third kappa shape index (κ3) is 6.86. The molecule has 1 aliphatic carbocycles. The van der Waals surface area contributed by atoms with Gasteiger partial charge in [0.15, 0.2) is 11.6 Å². The van der Waals surface area contributed by atoms with E-state index in [9.17, 15) is 14.4 Å². The Bertz CT molecular complexity index is 1760. The molecule has 4 aliphatic rings. The van der Waals surface area contributed by atoms with Gasteiger partial charge in [-0.15, -0.1) is 0 Å². The van der Waals surface area contributed by atoms with Crippen molar-refractivity contribution in [1.29, 1.82) is 5.26 Å². The molecule has 1 amide bonds. The Labute approximate surface area is 294 Å². The molecular weight excluding hydrogens is 635 g/mol. The Morgan fingerprint density at radius 3 is 2.62 bits per heavy atom. The fourth-order valence-electron chi connectivity index (χ4n) is 8.19. The molecule has 5 heterocycles. The molecule has 2 aromatic heterocycles. The van der Waals surface area contributed by atoms with Crippen LogP contribution in [-0.4, -0.2) is 100 Å². The number of anilines is 1. The number of amides is 1. The number of halogens is 1. The predicted molar refractivity (Wildman–Crippen MR) is 187 cm³/mol. The Morgan fingerprint density at radius 2 is 1.88 bits per heavy atom. The van der Waals surface area contributed by atoms with Crippen LogP contribution < -0.4 is 14.4 Å². The summed E-state index contributed by atoms with van der Waals surface area (Å²) in [5.41, 5.74) is 2.51. The van der Waals surface area contributed by atoms with Gasteiger partial charge in [0, 0.05) is 81.1 Å². The second-order valence-electron chi connectivity index (χ2n) is 15.1. The lowest BCUT2D eigenvalue weighted by molar-refractivity contribution is -0.0353. The van der Waals surface area contributed by atoms with Crippen LogP contribution in [0.25, 0.3) is 0 Å². The van der Waals surface area contributed by atoms with Crippen molar-refractivity contribution in [2.24, 2.45) is 10.8 Å². The number of carbonyl (C=O) groups is 1. The minimum absolute atomic E-state index is 0.0416. The van der Waals surface area contributed by atoms with Crippen molar-refractivity contribution in [3.63, 3.8) is 0 Å². The lowest BCUT2D eigenvalue weighted by Gasteiger charge is -2.59. The number of nitrogens with zero attached hydrogens (tertiary/aromatic N) is 8. The molecule has 1 spiro atoms. The average molecular weight is 683 g/mol. The zero-order chi connectivity index (χ0) is 35.0. The molecule has 0 atom stereocenters. The molecule has 0 radical (unpaired) electrons. The molecule has 0 unspecified atom stereocenters. The highest BCUT2D eigenvalue weighted by Gasteiger charge is 2.54. The second kappa shape index (κ2) is 13.8. The normalized spacial score (nSPS) is 19.6. The Balaban J connectivity index is 0.938. The molecule has 264 valence electrons. The number of nitriles is 1. The largest absolute Gasteiger partial charge is 0.490 e. The van der Waals surface area contributed by atoms with Crippen molar-refractivity contribution in [2.45, 2.75) is 72.1 Å². The van der Waals surface area contributed by atoms with Crippen molar-refractivity contribution in [2.75, 3.05) is 57.3 Å². The number of rotatable bonds is 12. The maximum Gasteiger partial charge on any atom is 0.257 e. The van der Waals surface area contributed by atoms with Gasteiger partial charge in [0.25, 0.3) is 5.91 Å². The molecule has 50 heavy (non-hydrogen) atoms. The highest BCUT2D eigenvalue weighted by Crippen LogP contribution is 2.52. The standard InChI is InChI=1S/C38H47FN8O3/c1-5-47(26(2)3)36(48)29-15-27(39)7-8-32(29)50-34-18-41-25-43-35(34)46-23-38(24-46)16-28(17-38)49-33-9-11-42-31-10-14-44(19-30(31)33)12-6-13-45-21-37(4,20-40)22-45/h7-9,11,15,18,25-26,28H,5-6,10,12-14,16-17,19,21-24H2,1-4H3. The van der Waals surface area contributed by atoms with E-state index in [2.05, 4.69) is 35.7 Å². The SMILES string of the molecule is CCN(C(=O)c1cc(F)ccc1Oc1cncnc1N1CC2(CC(Oc3ccnc4c3CN(CCCN3CC(C)(C#N)C3)CC4)C2)C1)C(C)C. The molecule has 1 aromatic carbocycles. The molecule has 3 aromatic rings.